The van der Waals surface area contributed by atoms with Crippen LogP contribution in [0.25, 0.3) is 0 Å². The summed E-state index contributed by atoms with van der Waals surface area (Å²) in [5, 5.41) is 5.88. The molecular weight excluding hydrogens is 300 g/mol. The fourth-order valence-electron chi connectivity index (χ4n) is 4.45. The average Bonchev–Trinajstić information content (AvgIpc) is 3.12. The van der Waals surface area contributed by atoms with Gasteiger partial charge in [0.15, 0.2) is 0 Å². The Kier molecular flexibility index (Phi) is 3.76. The third-order valence-electron chi connectivity index (χ3n) is 5.48. The molecule has 1 heterocycles. The zero-order chi connectivity index (χ0) is 13.5. The minimum Gasteiger partial charge on any atom is -0.270 e. The summed E-state index contributed by atoms with van der Waals surface area (Å²) in [6.07, 6.45) is 8.11. The Morgan fingerprint density at radius 1 is 1.42 bits per heavy atom. The van der Waals surface area contributed by atoms with Gasteiger partial charge in [-0.25, -0.2) is 0 Å². The number of aromatic nitrogens is 2. The summed E-state index contributed by atoms with van der Waals surface area (Å²) in [5.41, 5.74) is 3.23. The van der Waals surface area contributed by atoms with Crippen LogP contribution in [-0.2, 0) is 19.4 Å². The summed E-state index contributed by atoms with van der Waals surface area (Å²) >= 11 is 3.83. The molecule has 3 heteroatoms. The van der Waals surface area contributed by atoms with E-state index >= 15 is 0 Å². The summed E-state index contributed by atoms with van der Waals surface area (Å²) in [6.45, 7) is 5.41. The largest absolute Gasteiger partial charge is 0.270 e. The van der Waals surface area contributed by atoms with E-state index in [1.165, 1.54) is 43.5 Å². The Hall–Kier alpha value is -0.310. The Balaban J connectivity index is 1.85. The number of alkyl halides is 1. The van der Waals surface area contributed by atoms with Crippen LogP contribution in [0.5, 0.6) is 0 Å². The summed E-state index contributed by atoms with van der Waals surface area (Å²) in [7, 11) is 0. The number of nitrogens with zero attached hydrogens (tertiary/aromatic N) is 2. The minimum absolute atomic E-state index is 0.515. The van der Waals surface area contributed by atoms with Crippen LogP contribution in [0, 0.1) is 17.3 Å². The van der Waals surface area contributed by atoms with Crippen LogP contribution in [0.1, 0.15) is 50.9 Å². The van der Waals surface area contributed by atoms with Crippen LogP contribution < -0.4 is 0 Å². The fourth-order valence-corrected chi connectivity index (χ4v) is 5.34. The number of halogens is 1. The molecule has 0 spiro atoms. The second-order valence-electron chi connectivity index (χ2n) is 6.55. The van der Waals surface area contributed by atoms with E-state index in [1.54, 1.807) is 0 Å². The molecule has 3 rings (SSSR count). The number of aryl methyl sites for hydroxylation is 2. The molecule has 1 aromatic heterocycles. The van der Waals surface area contributed by atoms with Crippen LogP contribution in [-0.4, -0.2) is 15.1 Å². The number of hydrogen-bond donors (Lipinski definition) is 0. The molecule has 3 unspecified atom stereocenters. The maximum atomic E-state index is 4.72. The fraction of sp³-hybridized carbons (Fsp3) is 0.812. The standard InChI is InChI=1S/C16H25BrN2/c1-3-14-8-15(19(4-2)18-14)10-16(11-17)9-12-5-6-13(16)7-12/h8,12-13H,3-7,9-11H2,1-2H3. The van der Waals surface area contributed by atoms with Crippen molar-refractivity contribution in [2.24, 2.45) is 17.3 Å². The first-order valence-electron chi connectivity index (χ1n) is 7.82. The molecule has 2 nitrogen and oxygen atoms in total. The molecule has 0 amide bonds. The third kappa shape index (κ3) is 2.28. The summed E-state index contributed by atoms with van der Waals surface area (Å²) < 4.78 is 2.23. The van der Waals surface area contributed by atoms with Crippen LogP contribution in [0.2, 0.25) is 0 Å². The third-order valence-corrected chi connectivity index (χ3v) is 6.59. The lowest BCUT2D eigenvalue weighted by atomic mass is 9.71. The van der Waals surface area contributed by atoms with E-state index < -0.39 is 0 Å². The van der Waals surface area contributed by atoms with Crippen molar-refractivity contribution >= 4 is 15.9 Å². The molecule has 106 valence electrons. The number of hydrogen-bond acceptors (Lipinski definition) is 1. The quantitative estimate of drug-likeness (QED) is 0.742. The first-order chi connectivity index (χ1) is 9.20. The molecule has 0 saturated heterocycles. The highest BCUT2D eigenvalue weighted by molar-refractivity contribution is 9.09. The Labute approximate surface area is 125 Å². The topological polar surface area (TPSA) is 17.8 Å². The van der Waals surface area contributed by atoms with E-state index in [4.69, 9.17) is 5.10 Å². The molecule has 0 radical (unpaired) electrons. The second kappa shape index (κ2) is 5.23. The smallest absolute Gasteiger partial charge is 0.0624 e. The molecule has 0 aromatic carbocycles. The number of fused-ring (bicyclic) bond motifs is 2. The molecule has 19 heavy (non-hydrogen) atoms. The lowest BCUT2D eigenvalue weighted by Crippen LogP contribution is -2.32. The minimum atomic E-state index is 0.515. The molecule has 3 atom stereocenters. The highest BCUT2D eigenvalue weighted by atomic mass is 79.9. The van der Waals surface area contributed by atoms with Crippen molar-refractivity contribution in [2.75, 3.05) is 5.33 Å². The van der Waals surface area contributed by atoms with E-state index in [0.29, 0.717) is 5.41 Å². The second-order valence-corrected chi connectivity index (χ2v) is 7.11. The van der Waals surface area contributed by atoms with Gasteiger partial charge in [0.2, 0.25) is 0 Å². The molecule has 1 aromatic rings. The van der Waals surface area contributed by atoms with E-state index in [0.717, 1.165) is 30.1 Å². The Bertz CT molecular complexity index is 454. The van der Waals surface area contributed by atoms with Crippen molar-refractivity contribution in [2.45, 2.75) is 58.9 Å². The van der Waals surface area contributed by atoms with Gasteiger partial charge in [0, 0.05) is 17.6 Å². The SMILES string of the molecule is CCc1cc(CC2(CBr)CC3CCC2C3)n(CC)n1. The van der Waals surface area contributed by atoms with E-state index in [-0.39, 0.29) is 0 Å². The monoisotopic (exact) mass is 324 g/mol. The molecule has 2 aliphatic rings. The Morgan fingerprint density at radius 3 is 2.79 bits per heavy atom. The van der Waals surface area contributed by atoms with Crippen molar-refractivity contribution in [3.8, 4) is 0 Å². The highest BCUT2D eigenvalue weighted by Gasteiger charge is 2.50. The average molecular weight is 325 g/mol. The first kappa shape index (κ1) is 13.7. The van der Waals surface area contributed by atoms with Gasteiger partial charge in [-0.1, -0.05) is 29.3 Å². The maximum Gasteiger partial charge on any atom is 0.0624 e. The van der Waals surface area contributed by atoms with Gasteiger partial charge in [-0.2, -0.15) is 5.10 Å². The molecular formula is C16H25BrN2. The van der Waals surface area contributed by atoms with Gasteiger partial charge in [-0.15, -0.1) is 0 Å². The normalized spacial score (nSPS) is 33.2. The van der Waals surface area contributed by atoms with Gasteiger partial charge < -0.3 is 0 Å². The molecule has 2 fully saturated rings. The molecule has 0 aliphatic heterocycles. The summed E-state index contributed by atoms with van der Waals surface area (Å²) in [6, 6.07) is 2.35. The predicted octanol–water partition coefficient (Wildman–Crippen LogP) is 4.21. The zero-order valence-electron chi connectivity index (χ0n) is 12.2. The molecule has 2 bridgehead atoms. The van der Waals surface area contributed by atoms with E-state index in [9.17, 15) is 0 Å². The molecule has 2 saturated carbocycles. The van der Waals surface area contributed by atoms with Gasteiger partial charge in [-0.3, -0.25) is 4.68 Å². The van der Waals surface area contributed by atoms with Crippen LogP contribution in [0.3, 0.4) is 0 Å². The maximum absolute atomic E-state index is 4.72. The van der Waals surface area contributed by atoms with Gasteiger partial charge >= 0.3 is 0 Å². The first-order valence-corrected chi connectivity index (χ1v) is 8.94. The van der Waals surface area contributed by atoms with E-state index in [2.05, 4.69) is 40.5 Å². The van der Waals surface area contributed by atoms with Gasteiger partial charge in [0.25, 0.3) is 0 Å². The lowest BCUT2D eigenvalue weighted by Gasteiger charge is -2.36. The van der Waals surface area contributed by atoms with Crippen LogP contribution >= 0.6 is 15.9 Å². The van der Waals surface area contributed by atoms with Gasteiger partial charge in [0.05, 0.1) is 5.69 Å². The molecule has 0 N–H and O–H groups in total. The summed E-state index contributed by atoms with van der Waals surface area (Å²) in [5.74, 6) is 1.95. The number of rotatable bonds is 5. The lowest BCUT2D eigenvalue weighted by molar-refractivity contribution is 0.192. The van der Waals surface area contributed by atoms with Crippen molar-refractivity contribution < 1.29 is 0 Å². The van der Waals surface area contributed by atoms with Gasteiger partial charge in [0.1, 0.15) is 0 Å². The van der Waals surface area contributed by atoms with Crippen molar-refractivity contribution in [1.82, 2.24) is 9.78 Å². The van der Waals surface area contributed by atoms with Crippen molar-refractivity contribution in [3.05, 3.63) is 17.5 Å². The van der Waals surface area contributed by atoms with E-state index in [1.807, 2.05) is 0 Å². The Morgan fingerprint density at radius 2 is 2.26 bits per heavy atom. The molecule has 2 aliphatic carbocycles. The van der Waals surface area contributed by atoms with Crippen molar-refractivity contribution in [1.29, 1.82) is 0 Å². The van der Waals surface area contributed by atoms with Crippen molar-refractivity contribution in [3.63, 3.8) is 0 Å². The van der Waals surface area contributed by atoms with Crippen LogP contribution in [0.15, 0.2) is 6.07 Å². The predicted molar refractivity (Wildman–Crippen MR) is 82.7 cm³/mol. The van der Waals surface area contributed by atoms with Crippen LogP contribution in [0.4, 0.5) is 0 Å². The van der Waals surface area contributed by atoms with Gasteiger partial charge in [-0.05, 0) is 62.3 Å². The highest BCUT2D eigenvalue weighted by Crippen LogP contribution is 2.58. The zero-order valence-corrected chi connectivity index (χ0v) is 13.7. The summed E-state index contributed by atoms with van der Waals surface area (Å²) in [4.78, 5) is 0.